The Morgan fingerprint density at radius 1 is 1.47 bits per heavy atom. The maximum atomic E-state index is 13.3. The van der Waals surface area contributed by atoms with Gasteiger partial charge in [-0.2, -0.15) is 5.10 Å². The van der Waals surface area contributed by atoms with Gasteiger partial charge in [0, 0.05) is 6.20 Å². The van der Waals surface area contributed by atoms with Gasteiger partial charge in [-0.05, 0) is 24.6 Å². The van der Waals surface area contributed by atoms with Crippen molar-refractivity contribution in [3.63, 3.8) is 0 Å². The van der Waals surface area contributed by atoms with Crippen molar-refractivity contribution in [2.75, 3.05) is 12.3 Å². The molecule has 90 valence electrons. The highest BCUT2D eigenvalue weighted by Gasteiger charge is 2.03. The highest BCUT2D eigenvalue weighted by Crippen LogP contribution is 2.18. The van der Waals surface area contributed by atoms with Crippen molar-refractivity contribution in [2.45, 2.75) is 13.5 Å². The van der Waals surface area contributed by atoms with Gasteiger partial charge in [0.2, 0.25) is 0 Å². The van der Waals surface area contributed by atoms with E-state index in [0.717, 1.165) is 5.56 Å². The van der Waals surface area contributed by atoms with Crippen LogP contribution in [-0.4, -0.2) is 16.4 Å². The second kappa shape index (κ2) is 4.86. The van der Waals surface area contributed by atoms with E-state index in [0.29, 0.717) is 18.8 Å². The van der Waals surface area contributed by atoms with Crippen LogP contribution in [0.15, 0.2) is 30.6 Å². The first-order valence-electron chi connectivity index (χ1n) is 5.32. The van der Waals surface area contributed by atoms with Gasteiger partial charge >= 0.3 is 0 Å². The van der Waals surface area contributed by atoms with Crippen molar-refractivity contribution in [1.29, 1.82) is 0 Å². The number of nitrogen functional groups attached to an aromatic ring is 1. The molecule has 17 heavy (non-hydrogen) atoms. The van der Waals surface area contributed by atoms with Gasteiger partial charge in [0.05, 0.1) is 18.4 Å². The molecule has 0 radical (unpaired) electrons. The number of aromatic nitrogens is 2. The second-order valence-corrected chi connectivity index (χ2v) is 3.82. The van der Waals surface area contributed by atoms with E-state index < -0.39 is 0 Å². The molecule has 2 rings (SSSR count). The van der Waals surface area contributed by atoms with E-state index in [4.69, 9.17) is 10.5 Å². The Morgan fingerprint density at radius 2 is 2.29 bits per heavy atom. The number of halogens is 1. The molecular formula is C12H14FN3O. The fourth-order valence-electron chi connectivity index (χ4n) is 1.47. The van der Waals surface area contributed by atoms with Gasteiger partial charge in [-0.15, -0.1) is 0 Å². The van der Waals surface area contributed by atoms with Crippen LogP contribution in [0.3, 0.4) is 0 Å². The molecule has 0 spiro atoms. The lowest BCUT2D eigenvalue weighted by molar-refractivity contribution is 0.278. The Morgan fingerprint density at radius 3 is 3.00 bits per heavy atom. The third-order valence-electron chi connectivity index (χ3n) is 2.32. The van der Waals surface area contributed by atoms with Crippen LogP contribution in [0.1, 0.15) is 5.56 Å². The molecule has 0 fully saturated rings. The number of anilines is 1. The van der Waals surface area contributed by atoms with Crippen LogP contribution in [0.4, 0.5) is 10.1 Å². The standard InChI is InChI=1S/C12H14FN3O/c1-9-2-3-11(13)12(6-9)17-5-4-16-8-10(14)7-15-16/h2-3,6-8H,4-5,14H2,1H3. The summed E-state index contributed by atoms with van der Waals surface area (Å²) in [6.07, 6.45) is 3.27. The summed E-state index contributed by atoms with van der Waals surface area (Å²) in [4.78, 5) is 0. The number of nitrogens with two attached hydrogens (primary N) is 1. The summed E-state index contributed by atoms with van der Waals surface area (Å²) >= 11 is 0. The summed E-state index contributed by atoms with van der Waals surface area (Å²) in [5, 5.41) is 4.00. The van der Waals surface area contributed by atoms with Crippen molar-refractivity contribution in [3.05, 3.63) is 42.0 Å². The van der Waals surface area contributed by atoms with Crippen LogP contribution in [-0.2, 0) is 6.54 Å². The summed E-state index contributed by atoms with van der Waals surface area (Å²) in [6.45, 7) is 2.77. The fourth-order valence-corrected chi connectivity index (χ4v) is 1.47. The number of aryl methyl sites for hydroxylation is 1. The number of hydrogen-bond acceptors (Lipinski definition) is 3. The molecule has 1 aromatic carbocycles. The van der Waals surface area contributed by atoms with Gasteiger partial charge < -0.3 is 10.5 Å². The molecule has 2 N–H and O–H groups in total. The first-order valence-corrected chi connectivity index (χ1v) is 5.32. The predicted molar refractivity (Wildman–Crippen MR) is 63.3 cm³/mol. The predicted octanol–water partition coefficient (Wildman–Crippen LogP) is 1.99. The minimum Gasteiger partial charge on any atom is -0.489 e. The van der Waals surface area contributed by atoms with E-state index in [2.05, 4.69) is 5.10 Å². The van der Waals surface area contributed by atoms with E-state index in [1.54, 1.807) is 29.2 Å². The highest BCUT2D eigenvalue weighted by atomic mass is 19.1. The van der Waals surface area contributed by atoms with Crippen LogP contribution >= 0.6 is 0 Å². The number of benzene rings is 1. The van der Waals surface area contributed by atoms with Gasteiger partial charge in [-0.3, -0.25) is 4.68 Å². The van der Waals surface area contributed by atoms with Crippen LogP contribution in [0.2, 0.25) is 0 Å². The number of ether oxygens (including phenoxy) is 1. The average Bonchev–Trinajstić information content (AvgIpc) is 2.69. The zero-order chi connectivity index (χ0) is 12.3. The largest absolute Gasteiger partial charge is 0.489 e. The number of rotatable bonds is 4. The molecule has 1 heterocycles. The zero-order valence-electron chi connectivity index (χ0n) is 9.56. The lowest BCUT2D eigenvalue weighted by Crippen LogP contribution is -2.09. The lowest BCUT2D eigenvalue weighted by Gasteiger charge is -2.07. The smallest absolute Gasteiger partial charge is 0.165 e. The average molecular weight is 235 g/mol. The number of nitrogens with zero attached hydrogens (tertiary/aromatic N) is 2. The Hall–Kier alpha value is -2.04. The molecule has 1 aromatic heterocycles. The zero-order valence-corrected chi connectivity index (χ0v) is 9.56. The van der Waals surface area contributed by atoms with Crippen molar-refractivity contribution in [1.82, 2.24) is 9.78 Å². The summed E-state index contributed by atoms with van der Waals surface area (Å²) in [5.74, 6) is -0.0827. The molecule has 0 aliphatic heterocycles. The topological polar surface area (TPSA) is 53.1 Å². The summed E-state index contributed by atoms with van der Waals surface area (Å²) in [6, 6.07) is 4.78. The maximum Gasteiger partial charge on any atom is 0.165 e. The third-order valence-corrected chi connectivity index (χ3v) is 2.32. The summed E-state index contributed by atoms with van der Waals surface area (Å²) in [7, 11) is 0. The first-order chi connectivity index (χ1) is 8.15. The van der Waals surface area contributed by atoms with E-state index in [1.165, 1.54) is 6.07 Å². The molecular weight excluding hydrogens is 221 g/mol. The van der Waals surface area contributed by atoms with E-state index >= 15 is 0 Å². The van der Waals surface area contributed by atoms with Crippen LogP contribution in [0.5, 0.6) is 5.75 Å². The van der Waals surface area contributed by atoms with Crippen LogP contribution < -0.4 is 10.5 Å². The minimum absolute atomic E-state index is 0.269. The van der Waals surface area contributed by atoms with Crippen molar-refractivity contribution >= 4 is 5.69 Å². The molecule has 2 aromatic rings. The molecule has 0 saturated heterocycles. The monoisotopic (exact) mass is 235 g/mol. The van der Waals surface area contributed by atoms with E-state index in [9.17, 15) is 4.39 Å². The molecule has 0 bridgehead atoms. The normalized spacial score (nSPS) is 10.5. The SMILES string of the molecule is Cc1ccc(F)c(OCCn2cc(N)cn2)c1. The quantitative estimate of drug-likeness (QED) is 0.881. The molecule has 0 amide bonds. The first kappa shape index (κ1) is 11.4. The third kappa shape index (κ3) is 2.96. The van der Waals surface area contributed by atoms with Crippen LogP contribution in [0.25, 0.3) is 0 Å². The number of hydrogen-bond donors (Lipinski definition) is 1. The molecule has 0 unspecified atom stereocenters. The molecule has 0 aliphatic rings. The lowest BCUT2D eigenvalue weighted by atomic mass is 10.2. The van der Waals surface area contributed by atoms with Gasteiger partial charge in [0.1, 0.15) is 6.61 Å². The van der Waals surface area contributed by atoms with Crippen LogP contribution in [0, 0.1) is 12.7 Å². The minimum atomic E-state index is -0.351. The Labute approximate surface area is 98.8 Å². The summed E-state index contributed by atoms with van der Waals surface area (Å²) in [5.41, 5.74) is 7.09. The highest BCUT2D eigenvalue weighted by molar-refractivity contribution is 5.30. The van der Waals surface area contributed by atoms with Gasteiger partial charge in [-0.25, -0.2) is 4.39 Å². The van der Waals surface area contributed by atoms with Crippen molar-refractivity contribution < 1.29 is 9.13 Å². The summed E-state index contributed by atoms with van der Waals surface area (Å²) < 4.78 is 20.3. The van der Waals surface area contributed by atoms with Gasteiger partial charge in [0.15, 0.2) is 11.6 Å². The second-order valence-electron chi connectivity index (χ2n) is 3.82. The molecule has 0 saturated carbocycles. The van der Waals surface area contributed by atoms with Gasteiger partial charge in [0.25, 0.3) is 0 Å². The Balaban J connectivity index is 1.91. The van der Waals surface area contributed by atoms with Gasteiger partial charge in [-0.1, -0.05) is 6.07 Å². The maximum absolute atomic E-state index is 13.3. The van der Waals surface area contributed by atoms with Crippen molar-refractivity contribution in [2.24, 2.45) is 0 Å². The Bertz CT molecular complexity index is 510. The molecule has 4 nitrogen and oxygen atoms in total. The molecule has 0 aliphatic carbocycles. The van der Waals surface area contributed by atoms with Crippen molar-refractivity contribution in [3.8, 4) is 5.75 Å². The van der Waals surface area contributed by atoms with E-state index in [-0.39, 0.29) is 11.6 Å². The molecule has 0 atom stereocenters. The Kier molecular flexibility index (Phi) is 3.27. The fraction of sp³-hybridized carbons (Fsp3) is 0.250. The molecule has 5 heteroatoms. The van der Waals surface area contributed by atoms with E-state index in [1.807, 2.05) is 6.92 Å².